The van der Waals surface area contributed by atoms with Crippen LogP contribution in [0.25, 0.3) is 0 Å². The van der Waals surface area contributed by atoms with E-state index >= 15 is 0 Å². The molecule has 0 radical (unpaired) electrons. The Morgan fingerprint density at radius 2 is 2.00 bits per heavy atom. The van der Waals surface area contributed by atoms with Gasteiger partial charge in [0, 0.05) is 7.11 Å². The zero-order valence-corrected chi connectivity index (χ0v) is 7.03. The first kappa shape index (κ1) is 12.5. The minimum Gasteiger partial charge on any atom is -0.400 e. The molecule has 0 heterocycles. The lowest BCUT2D eigenvalue weighted by Crippen LogP contribution is -1.84. The molecule has 3 heteroatoms. The number of hydrogen-bond acceptors (Lipinski definition) is 3. The molecule has 0 spiro atoms. The Hall–Kier alpha value is -1.14. The number of hydrogen-bond donors (Lipinski definition) is 1. The molecule has 3 nitrogen and oxygen atoms in total. The highest BCUT2D eigenvalue weighted by Gasteiger charge is 1.92. The van der Waals surface area contributed by atoms with E-state index in [0.29, 0.717) is 6.29 Å². The Balaban J connectivity index is 0. The van der Waals surface area contributed by atoms with Crippen LogP contribution in [0.2, 0.25) is 0 Å². The Kier molecular flexibility index (Phi) is 10.1. The maximum atomic E-state index is 9.98. The molecular formula is C8H13NO2. The summed E-state index contributed by atoms with van der Waals surface area (Å²) in [5.41, 5.74) is 0.213. The molecule has 0 fully saturated rings. The van der Waals surface area contributed by atoms with E-state index in [1.165, 1.54) is 0 Å². The van der Waals surface area contributed by atoms with Crippen molar-refractivity contribution in [2.45, 2.75) is 13.8 Å². The first-order valence-corrected chi connectivity index (χ1v) is 3.22. The number of allylic oxidation sites excluding steroid dienone is 2. The highest BCUT2D eigenvalue weighted by molar-refractivity contribution is 5.78. The number of rotatable bonds is 2. The number of carbonyl (C=O) groups excluding carboxylic acids is 1. The van der Waals surface area contributed by atoms with Gasteiger partial charge in [-0.2, -0.15) is 5.26 Å². The van der Waals surface area contributed by atoms with Crippen molar-refractivity contribution in [2.75, 3.05) is 7.11 Å². The van der Waals surface area contributed by atoms with Crippen molar-refractivity contribution in [1.29, 1.82) is 5.26 Å². The van der Waals surface area contributed by atoms with Crippen LogP contribution < -0.4 is 0 Å². The quantitative estimate of drug-likeness (QED) is 0.366. The van der Waals surface area contributed by atoms with Gasteiger partial charge < -0.3 is 5.11 Å². The van der Waals surface area contributed by atoms with Gasteiger partial charge in [0.15, 0.2) is 6.29 Å². The van der Waals surface area contributed by atoms with Gasteiger partial charge in [0.05, 0.1) is 5.57 Å². The van der Waals surface area contributed by atoms with Crippen LogP contribution in [-0.2, 0) is 4.79 Å². The zero-order chi connectivity index (χ0) is 9.28. The van der Waals surface area contributed by atoms with E-state index in [4.69, 9.17) is 10.4 Å². The molecule has 0 bridgehead atoms. The van der Waals surface area contributed by atoms with Crippen molar-refractivity contribution in [2.24, 2.45) is 5.92 Å². The fourth-order valence-electron chi connectivity index (χ4n) is 0.462. The van der Waals surface area contributed by atoms with Crippen molar-refractivity contribution in [3.63, 3.8) is 0 Å². The number of aliphatic hydroxyl groups is 1. The van der Waals surface area contributed by atoms with Crippen LogP contribution in [0.3, 0.4) is 0 Å². The lowest BCUT2D eigenvalue weighted by Gasteiger charge is -1.90. The van der Waals surface area contributed by atoms with E-state index in [1.54, 1.807) is 12.1 Å². The van der Waals surface area contributed by atoms with Gasteiger partial charge in [-0.25, -0.2) is 0 Å². The maximum Gasteiger partial charge on any atom is 0.160 e. The molecule has 0 aliphatic heterocycles. The van der Waals surface area contributed by atoms with E-state index in [2.05, 4.69) is 0 Å². The molecule has 0 unspecified atom stereocenters. The first-order valence-electron chi connectivity index (χ1n) is 3.22. The fraction of sp³-hybridized carbons (Fsp3) is 0.500. The molecule has 62 valence electrons. The van der Waals surface area contributed by atoms with Crippen LogP contribution in [0.4, 0.5) is 0 Å². The lowest BCUT2D eigenvalue weighted by atomic mass is 10.1. The van der Waals surface area contributed by atoms with Gasteiger partial charge >= 0.3 is 0 Å². The summed E-state index contributed by atoms with van der Waals surface area (Å²) in [6, 6.07) is 1.78. The van der Waals surface area contributed by atoms with Gasteiger partial charge in [-0.1, -0.05) is 19.9 Å². The number of aliphatic hydroxyl groups excluding tert-OH is 1. The standard InChI is InChI=1S/C7H9NO.CH4O/c1-6(2)3-7(4-8)5-9;1-2/h3,5-6H,1-2H3;2H,1H3/b7-3+;. The predicted octanol–water partition coefficient (Wildman–Crippen LogP) is 0.900. The Bertz CT molecular complexity index is 165. The number of aldehydes is 1. The second-order valence-corrected chi connectivity index (χ2v) is 2.10. The van der Waals surface area contributed by atoms with E-state index in [1.807, 2.05) is 13.8 Å². The molecule has 0 amide bonds. The van der Waals surface area contributed by atoms with Crippen molar-refractivity contribution in [3.05, 3.63) is 11.6 Å². The molecular weight excluding hydrogens is 142 g/mol. The Morgan fingerprint density at radius 3 is 2.09 bits per heavy atom. The second-order valence-electron chi connectivity index (χ2n) is 2.10. The number of nitrogens with zero attached hydrogens (tertiary/aromatic N) is 1. The van der Waals surface area contributed by atoms with Crippen molar-refractivity contribution in [3.8, 4) is 6.07 Å². The van der Waals surface area contributed by atoms with Gasteiger partial charge in [-0.3, -0.25) is 4.79 Å². The van der Waals surface area contributed by atoms with Gasteiger partial charge in [-0.15, -0.1) is 0 Å². The normalized spacial score (nSPS) is 9.64. The van der Waals surface area contributed by atoms with Gasteiger partial charge in [0.25, 0.3) is 0 Å². The minimum atomic E-state index is 0.213. The van der Waals surface area contributed by atoms with E-state index in [0.717, 1.165) is 7.11 Å². The molecule has 1 N–H and O–H groups in total. The molecule has 0 aromatic rings. The van der Waals surface area contributed by atoms with Crippen molar-refractivity contribution >= 4 is 6.29 Å². The largest absolute Gasteiger partial charge is 0.400 e. The van der Waals surface area contributed by atoms with Crippen LogP contribution >= 0.6 is 0 Å². The zero-order valence-electron chi connectivity index (χ0n) is 7.03. The van der Waals surface area contributed by atoms with Gasteiger partial charge in [0.2, 0.25) is 0 Å². The molecule has 0 atom stereocenters. The van der Waals surface area contributed by atoms with Crippen LogP contribution in [0, 0.1) is 17.2 Å². The summed E-state index contributed by atoms with van der Waals surface area (Å²) >= 11 is 0. The Labute approximate surface area is 67.0 Å². The maximum absolute atomic E-state index is 9.98. The predicted molar refractivity (Wildman–Crippen MR) is 42.7 cm³/mol. The average molecular weight is 155 g/mol. The second kappa shape index (κ2) is 8.86. The topological polar surface area (TPSA) is 61.1 Å². The third-order valence-electron chi connectivity index (χ3n) is 0.769. The van der Waals surface area contributed by atoms with Crippen LogP contribution in [0.1, 0.15) is 13.8 Å². The lowest BCUT2D eigenvalue weighted by molar-refractivity contribution is -0.104. The SMILES string of the molecule is CC(C)/C=C(\C#N)C=O.CO. The highest BCUT2D eigenvalue weighted by atomic mass is 16.2. The summed E-state index contributed by atoms with van der Waals surface area (Å²) in [7, 11) is 1.00. The summed E-state index contributed by atoms with van der Waals surface area (Å²) in [6.07, 6.45) is 2.20. The number of carbonyl (C=O) groups is 1. The van der Waals surface area contributed by atoms with Crippen molar-refractivity contribution in [1.82, 2.24) is 0 Å². The summed E-state index contributed by atoms with van der Waals surface area (Å²) in [6.45, 7) is 3.84. The van der Waals surface area contributed by atoms with Crippen molar-refractivity contribution < 1.29 is 9.90 Å². The summed E-state index contributed by atoms with van der Waals surface area (Å²) < 4.78 is 0. The van der Waals surface area contributed by atoms with Crippen LogP contribution in [-0.4, -0.2) is 18.5 Å². The van der Waals surface area contributed by atoms with E-state index in [9.17, 15) is 4.79 Å². The van der Waals surface area contributed by atoms with Gasteiger partial charge in [0.1, 0.15) is 6.07 Å². The molecule has 0 aromatic carbocycles. The Morgan fingerprint density at radius 1 is 1.55 bits per heavy atom. The van der Waals surface area contributed by atoms with E-state index in [-0.39, 0.29) is 11.5 Å². The highest BCUT2D eigenvalue weighted by Crippen LogP contribution is 1.97. The molecule has 11 heavy (non-hydrogen) atoms. The summed E-state index contributed by atoms with van der Waals surface area (Å²) in [5, 5.41) is 15.2. The summed E-state index contributed by atoms with van der Waals surface area (Å²) in [5.74, 6) is 0.268. The third-order valence-corrected chi connectivity index (χ3v) is 0.769. The molecule has 0 saturated heterocycles. The molecule has 0 aromatic heterocycles. The smallest absolute Gasteiger partial charge is 0.160 e. The molecule has 0 rings (SSSR count). The minimum absolute atomic E-state index is 0.213. The first-order chi connectivity index (χ1) is 5.20. The molecule has 0 saturated carbocycles. The third kappa shape index (κ3) is 8.86. The van der Waals surface area contributed by atoms with Crippen LogP contribution in [0.5, 0.6) is 0 Å². The molecule has 0 aliphatic rings. The molecule has 0 aliphatic carbocycles. The fourth-order valence-corrected chi connectivity index (χ4v) is 0.462. The monoisotopic (exact) mass is 155 g/mol. The average Bonchev–Trinajstić information content (AvgIpc) is 2.03. The summed E-state index contributed by atoms with van der Waals surface area (Å²) in [4.78, 5) is 9.98. The van der Waals surface area contributed by atoms with E-state index < -0.39 is 0 Å². The van der Waals surface area contributed by atoms with Gasteiger partial charge in [-0.05, 0) is 5.92 Å². The van der Waals surface area contributed by atoms with Crippen LogP contribution in [0.15, 0.2) is 11.6 Å². The number of nitriles is 1.